The van der Waals surface area contributed by atoms with Gasteiger partial charge in [0.1, 0.15) is 12.3 Å². The maximum Gasteiger partial charge on any atom is 0.326 e. The van der Waals surface area contributed by atoms with Crippen LogP contribution >= 0.6 is 0 Å². The van der Waals surface area contributed by atoms with Crippen LogP contribution in [-0.4, -0.2) is 37.5 Å². The van der Waals surface area contributed by atoms with Gasteiger partial charge in [0.25, 0.3) is 11.8 Å². The lowest BCUT2D eigenvalue weighted by molar-refractivity contribution is -0.152. The normalized spacial score (nSPS) is 11.4. The molecule has 0 aliphatic rings. The van der Waals surface area contributed by atoms with E-state index in [9.17, 15) is 14.4 Å². The predicted octanol–water partition coefficient (Wildman–Crippen LogP) is 3.15. The monoisotopic (exact) mass is 406 g/mol. The lowest BCUT2D eigenvalue weighted by Crippen LogP contribution is -2.35. The van der Waals surface area contributed by atoms with E-state index in [1.165, 1.54) is 14.0 Å². The van der Waals surface area contributed by atoms with E-state index in [0.717, 1.165) is 10.8 Å². The Labute approximate surface area is 174 Å². The third kappa shape index (κ3) is 5.14. The number of anilines is 1. The van der Waals surface area contributed by atoms with E-state index in [2.05, 4.69) is 10.6 Å². The van der Waals surface area contributed by atoms with Crippen LogP contribution < -0.4 is 15.4 Å². The number of hydrogen-bond acceptors (Lipinski definition) is 5. The molecule has 0 fully saturated rings. The SMILES string of the molecule is COc1ccccc1NC(=O)[C@H](C)OC(=O)CNC(=O)c1ccc2ccccc2c1. The van der Waals surface area contributed by atoms with Crippen molar-refractivity contribution < 1.29 is 23.9 Å². The topological polar surface area (TPSA) is 93.7 Å². The van der Waals surface area contributed by atoms with Gasteiger partial charge in [0.2, 0.25) is 0 Å². The number of fused-ring (bicyclic) bond motifs is 1. The molecule has 7 nitrogen and oxygen atoms in total. The number of hydrogen-bond donors (Lipinski definition) is 2. The summed E-state index contributed by atoms with van der Waals surface area (Å²) in [5.41, 5.74) is 0.904. The van der Waals surface area contributed by atoms with Crippen LogP contribution in [0.5, 0.6) is 5.75 Å². The third-order valence-corrected chi connectivity index (χ3v) is 4.45. The number of carbonyl (C=O) groups excluding carboxylic acids is 3. The Morgan fingerprint density at radius 3 is 2.40 bits per heavy atom. The molecule has 30 heavy (non-hydrogen) atoms. The molecule has 154 valence electrons. The third-order valence-electron chi connectivity index (χ3n) is 4.45. The molecule has 2 amide bonds. The van der Waals surface area contributed by atoms with Crippen LogP contribution in [0.25, 0.3) is 10.8 Å². The van der Waals surface area contributed by atoms with Gasteiger partial charge in [0.05, 0.1) is 12.8 Å². The second-order valence-electron chi connectivity index (χ2n) is 6.57. The zero-order chi connectivity index (χ0) is 21.5. The Kier molecular flexibility index (Phi) is 6.64. The fourth-order valence-corrected chi connectivity index (χ4v) is 2.86. The number of amides is 2. The maximum absolute atomic E-state index is 12.3. The fraction of sp³-hybridized carbons (Fsp3) is 0.174. The number of methoxy groups -OCH3 is 1. The summed E-state index contributed by atoms with van der Waals surface area (Å²) in [6, 6.07) is 19.8. The van der Waals surface area contributed by atoms with Crippen LogP contribution in [0.2, 0.25) is 0 Å². The molecule has 3 aromatic rings. The summed E-state index contributed by atoms with van der Waals surface area (Å²) in [7, 11) is 1.49. The number of benzene rings is 3. The van der Waals surface area contributed by atoms with Gasteiger partial charge in [0.15, 0.2) is 6.10 Å². The number of para-hydroxylation sites is 2. The van der Waals surface area contributed by atoms with Crippen molar-refractivity contribution >= 4 is 34.2 Å². The van der Waals surface area contributed by atoms with E-state index < -0.39 is 23.9 Å². The Bertz CT molecular complexity index is 1080. The molecular formula is C23H22N2O5. The van der Waals surface area contributed by atoms with Gasteiger partial charge in [-0.05, 0) is 42.0 Å². The Balaban J connectivity index is 1.51. The van der Waals surface area contributed by atoms with Gasteiger partial charge < -0.3 is 20.1 Å². The molecule has 3 aromatic carbocycles. The molecule has 1 atom stereocenters. The predicted molar refractivity (Wildman–Crippen MR) is 113 cm³/mol. The first-order valence-corrected chi connectivity index (χ1v) is 9.38. The average molecular weight is 406 g/mol. The maximum atomic E-state index is 12.3. The van der Waals surface area contributed by atoms with Gasteiger partial charge in [-0.2, -0.15) is 0 Å². The number of nitrogens with one attached hydrogen (secondary N) is 2. The summed E-state index contributed by atoms with van der Waals surface area (Å²) in [5, 5.41) is 7.10. The van der Waals surface area contributed by atoms with E-state index >= 15 is 0 Å². The van der Waals surface area contributed by atoms with Crippen LogP contribution in [0.3, 0.4) is 0 Å². The molecule has 0 radical (unpaired) electrons. The highest BCUT2D eigenvalue weighted by Crippen LogP contribution is 2.23. The second-order valence-corrected chi connectivity index (χ2v) is 6.57. The van der Waals surface area contributed by atoms with Gasteiger partial charge in [0, 0.05) is 5.56 Å². The van der Waals surface area contributed by atoms with E-state index in [-0.39, 0.29) is 6.54 Å². The van der Waals surface area contributed by atoms with E-state index in [4.69, 9.17) is 9.47 Å². The minimum Gasteiger partial charge on any atom is -0.495 e. The molecule has 0 unspecified atom stereocenters. The minimum atomic E-state index is -1.04. The highest BCUT2D eigenvalue weighted by molar-refractivity contribution is 6.00. The van der Waals surface area contributed by atoms with Gasteiger partial charge in [-0.25, -0.2) is 0 Å². The first-order chi connectivity index (χ1) is 14.5. The molecule has 0 saturated heterocycles. The van der Waals surface area contributed by atoms with Crippen LogP contribution in [0.4, 0.5) is 5.69 Å². The number of esters is 1. The van der Waals surface area contributed by atoms with Crippen LogP contribution in [-0.2, 0) is 14.3 Å². The molecule has 0 saturated carbocycles. The van der Waals surface area contributed by atoms with Crippen molar-refractivity contribution in [1.29, 1.82) is 0 Å². The molecule has 0 aromatic heterocycles. The highest BCUT2D eigenvalue weighted by atomic mass is 16.5. The van der Waals surface area contributed by atoms with E-state index in [1.807, 2.05) is 30.3 Å². The largest absolute Gasteiger partial charge is 0.495 e. The fourth-order valence-electron chi connectivity index (χ4n) is 2.86. The van der Waals surface area contributed by atoms with Crippen LogP contribution in [0.1, 0.15) is 17.3 Å². The van der Waals surface area contributed by atoms with Gasteiger partial charge in [-0.1, -0.05) is 42.5 Å². The standard InChI is InChI=1S/C23H22N2O5/c1-15(22(27)25-19-9-5-6-10-20(19)29-2)30-21(26)14-24-23(28)18-12-11-16-7-3-4-8-17(16)13-18/h3-13,15H,14H2,1-2H3,(H,24,28)(H,25,27)/t15-/m0/s1. The van der Waals surface area contributed by atoms with E-state index in [1.54, 1.807) is 36.4 Å². The molecule has 0 heterocycles. The first-order valence-electron chi connectivity index (χ1n) is 9.38. The van der Waals surface area contributed by atoms with Gasteiger partial charge >= 0.3 is 5.97 Å². The first kappa shape index (κ1) is 20.9. The van der Waals surface area contributed by atoms with Crippen molar-refractivity contribution in [3.05, 3.63) is 72.3 Å². The lowest BCUT2D eigenvalue weighted by Gasteiger charge is -2.15. The van der Waals surface area contributed by atoms with Gasteiger partial charge in [-0.3, -0.25) is 14.4 Å². The molecular weight excluding hydrogens is 384 g/mol. The van der Waals surface area contributed by atoms with Crippen molar-refractivity contribution in [2.45, 2.75) is 13.0 Å². The number of ether oxygens (including phenoxy) is 2. The molecule has 0 bridgehead atoms. The summed E-state index contributed by atoms with van der Waals surface area (Å²) in [4.78, 5) is 36.6. The zero-order valence-electron chi connectivity index (χ0n) is 16.7. The lowest BCUT2D eigenvalue weighted by atomic mass is 10.1. The number of rotatable bonds is 7. The Morgan fingerprint density at radius 2 is 1.63 bits per heavy atom. The molecule has 0 aliphatic carbocycles. The van der Waals surface area contributed by atoms with Crippen molar-refractivity contribution in [2.24, 2.45) is 0 Å². The summed E-state index contributed by atoms with van der Waals surface area (Å²) in [5.74, 6) is -1.13. The summed E-state index contributed by atoms with van der Waals surface area (Å²) in [6.07, 6.45) is -1.04. The summed E-state index contributed by atoms with van der Waals surface area (Å²) in [6.45, 7) is 1.10. The zero-order valence-corrected chi connectivity index (χ0v) is 16.7. The smallest absolute Gasteiger partial charge is 0.326 e. The van der Waals surface area contributed by atoms with Crippen molar-refractivity contribution in [2.75, 3.05) is 19.0 Å². The van der Waals surface area contributed by atoms with Crippen LogP contribution in [0, 0.1) is 0 Å². The molecule has 0 aliphatic heterocycles. The second kappa shape index (κ2) is 9.56. The summed E-state index contributed by atoms with van der Waals surface area (Å²) < 4.78 is 10.3. The molecule has 3 rings (SSSR count). The van der Waals surface area contributed by atoms with Crippen molar-refractivity contribution in [3.63, 3.8) is 0 Å². The highest BCUT2D eigenvalue weighted by Gasteiger charge is 2.19. The van der Waals surface area contributed by atoms with Crippen LogP contribution in [0.15, 0.2) is 66.7 Å². The number of carbonyl (C=O) groups is 3. The average Bonchev–Trinajstić information content (AvgIpc) is 2.77. The minimum absolute atomic E-state index is 0.349. The van der Waals surface area contributed by atoms with E-state index in [0.29, 0.717) is 17.0 Å². The molecule has 2 N–H and O–H groups in total. The Hall–Kier alpha value is -3.87. The molecule has 7 heteroatoms. The molecule has 0 spiro atoms. The van der Waals surface area contributed by atoms with Gasteiger partial charge in [-0.15, -0.1) is 0 Å². The van der Waals surface area contributed by atoms with Crippen molar-refractivity contribution in [3.8, 4) is 5.75 Å². The summed E-state index contributed by atoms with van der Waals surface area (Å²) >= 11 is 0. The van der Waals surface area contributed by atoms with Crippen molar-refractivity contribution in [1.82, 2.24) is 5.32 Å². The quantitative estimate of drug-likeness (QED) is 0.588. The Morgan fingerprint density at radius 1 is 0.933 bits per heavy atom.